The minimum absolute atomic E-state index is 0.00619. The third-order valence-corrected chi connectivity index (χ3v) is 7.51. The highest BCUT2D eigenvalue weighted by molar-refractivity contribution is 7.89. The molecule has 0 spiro atoms. The fourth-order valence-electron chi connectivity index (χ4n) is 4.94. The lowest BCUT2D eigenvalue weighted by Gasteiger charge is -2.28. The Morgan fingerprint density at radius 2 is 1.86 bits per heavy atom. The monoisotopic (exact) mass is 583 g/mol. The standard InChI is InChI=1S/C30H29N7O4S/c1-42(39,40)35-28(38)13-11-23-8-7-22(20-31-23)29-26(12-10-24-9-6-21-4-2-3-5-25(21)33-24)34-30-27(14-15-32-37(29)30)36-16-18-41-19-17-36/h2-10,12,14-15,20H,11,13,16-19H2,1H3,(H,35,38)/b12-10+. The molecule has 1 fully saturated rings. The van der Waals surface area contributed by atoms with E-state index in [1.54, 1.807) is 12.4 Å². The van der Waals surface area contributed by atoms with Crippen LogP contribution in [0.25, 0.3) is 40.0 Å². The van der Waals surface area contributed by atoms with E-state index >= 15 is 0 Å². The Kier molecular flexibility index (Phi) is 7.64. The van der Waals surface area contributed by atoms with E-state index in [-0.39, 0.29) is 6.42 Å². The lowest BCUT2D eigenvalue weighted by Crippen LogP contribution is -2.36. The maximum absolute atomic E-state index is 11.9. The van der Waals surface area contributed by atoms with Crippen LogP contribution in [0, 0.1) is 0 Å². The number of hydrogen-bond acceptors (Lipinski definition) is 9. The van der Waals surface area contributed by atoms with Crippen LogP contribution in [-0.4, -0.2) is 71.5 Å². The maximum Gasteiger partial charge on any atom is 0.233 e. The molecule has 0 atom stereocenters. The zero-order chi connectivity index (χ0) is 29.1. The van der Waals surface area contributed by atoms with E-state index in [1.807, 2.05) is 76.0 Å². The zero-order valence-electron chi connectivity index (χ0n) is 23.0. The number of anilines is 1. The molecule has 1 aliphatic rings. The molecule has 0 aliphatic carbocycles. The van der Waals surface area contributed by atoms with Crippen LogP contribution in [0.5, 0.6) is 0 Å². The zero-order valence-corrected chi connectivity index (χ0v) is 23.8. The molecule has 1 saturated heterocycles. The van der Waals surface area contributed by atoms with Crippen molar-refractivity contribution in [2.45, 2.75) is 12.8 Å². The van der Waals surface area contributed by atoms with Gasteiger partial charge in [0.2, 0.25) is 15.9 Å². The van der Waals surface area contributed by atoms with Gasteiger partial charge in [0.15, 0.2) is 5.65 Å². The second-order valence-electron chi connectivity index (χ2n) is 9.99. The molecule has 214 valence electrons. The number of rotatable bonds is 8. The van der Waals surface area contributed by atoms with Crippen molar-refractivity contribution in [2.75, 3.05) is 37.5 Å². The number of carbonyl (C=O) groups is 1. The largest absolute Gasteiger partial charge is 0.378 e. The van der Waals surface area contributed by atoms with E-state index in [0.717, 1.165) is 58.5 Å². The molecule has 1 amide bonds. The average Bonchev–Trinajstić information content (AvgIpc) is 3.37. The van der Waals surface area contributed by atoms with Gasteiger partial charge < -0.3 is 9.64 Å². The third-order valence-electron chi connectivity index (χ3n) is 6.91. The second kappa shape index (κ2) is 11.7. The molecule has 4 aromatic heterocycles. The van der Waals surface area contributed by atoms with Gasteiger partial charge in [-0.1, -0.05) is 24.3 Å². The molecular formula is C30H29N7O4S. The van der Waals surface area contributed by atoms with Gasteiger partial charge in [0.25, 0.3) is 0 Å². The second-order valence-corrected chi connectivity index (χ2v) is 11.7. The van der Waals surface area contributed by atoms with Crippen molar-refractivity contribution in [1.82, 2.24) is 29.3 Å². The van der Waals surface area contributed by atoms with E-state index in [4.69, 9.17) is 14.7 Å². The van der Waals surface area contributed by atoms with E-state index < -0.39 is 15.9 Å². The van der Waals surface area contributed by atoms with E-state index in [2.05, 4.69) is 15.0 Å². The van der Waals surface area contributed by atoms with Crippen molar-refractivity contribution in [1.29, 1.82) is 0 Å². The molecule has 11 nitrogen and oxygen atoms in total. The van der Waals surface area contributed by atoms with Gasteiger partial charge >= 0.3 is 0 Å². The summed E-state index contributed by atoms with van der Waals surface area (Å²) in [4.78, 5) is 28.5. The van der Waals surface area contributed by atoms with Gasteiger partial charge in [-0.3, -0.25) is 14.5 Å². The number of nitrogens with zero attached hydrogens (tertiary/aromatic N) is 6. The summed E-state index contributed by atoms with van der Waals surface area (Å²) in [5.41, 5.74) is 6.35. The molecule has 5 heterocycles. The molecule has 0 unspecified atom stereocenters. The summed E-state index contributed by atoms with van der Waals surface area (Å²) in [5, 5.41) is 5.73. The van der Waals surface area contributed by atoms with Crippen molar-refractivity contribution >= 4 is 50.3 Å². The van der Waals surface area contributed by atoms with Crippen LogP contribution in [0.3, 0.4) is 0 Å². The van der Waals surface area contributed by atoms with Gasteiger partial charge in [-0.25, -0.2) is 22.9 Å². The number of sulfonamides is 1. The van der Waals surface area contributed by atoms with Crippen molar-refractivity contribution < 1.29 is 17.9 Å². The molecule has 6 rings (SSSR count). The normalized spacial score (nSPS) is 14.2. The molecule has 1 aromatic carbocycles. The van der Waals surface area contributed by atoms with Gasteiger partial charge in [-0.15, -0.1) is 0 Å². The van der Waals surface area contributed by atoms with Gasteiger partial charge in [0, 0.05) is 42.4 Å². The number of aromatic nitrogens is 5. The third kappa shape index (κ3) is 6.14. The molecule has 1 aliphatic heterocycles. The maximum atomic E-state index is 11.9. The first-order valence-corrected chi connectivity index (χ1v) is 15.4. The molecular weight excluding hydrogens is 554 g/mol. The van der Waals surface area contributed by atoms with Crippen LogP contribution in [-0.2, 0) is 26.0 Å². The molecule has 42 heavy (non-hydrogen) atoms. The van der Waals surface area contributed by atoms with E-state index in [9.17, 15) is 13.2 Å². The number of carbonyl (C=O) groups excluding carboxylic acids is 1. The van der Waals surface area contributed by atoms with Crippen molar-refractivity contribution in [3.63, 3.8) is 0 Å². The van der Waals surface area contributed by atoms with Gasteiger partial charge in [-0.2, -0.15) is 5.10 Å². The predicted molar refractivity (Wildman–Crippen MR) is 161 cm³/mol. The average molecular weight is 584 g/mol. The Hall–Kier alpha value is -4.68. The van der Waals surface area contributed by atoms with Crippen molar-refractivity contribution in [3.05, 3.63) is 84.1 Å². The lowest BCUT2D eigenvalue weighted by atomic mass is 10.1. The Morgan fingerprint density at radius 3 is 2.64 bits per heavy atom. The summed E-state index contributed by atoms with van der Waals surface area (Å²) < 4.78 is 32.0. The summed E-state index contributed by atoms with van der Waals surface area (Å²) >= 11 is 0. The number of amides is 1. The number of nitrogens with one attached hydrogen (secondary N) is 1. The Bertz CT molecular complexity index is 1900. The molecule has 1 N–H and O–H groups in total. The van der Waals surface area contributed by atoms with Gasteiger partial charge in [0.05, 0.1) is 48.3 Å². The first kappa shape index (κ1) is 27.5. The molecule has 12 heteroatoms. The van der Waals surface area contributed by atoms with Crippen LogP contribution < -0.4 is 9.62 Å². The minimum atomic E-state index is -3.60. The minimum Gasteiger partial charge on any atom is -0.378 e. The highest BCUT2D eigenvalue weighted by Crippen LogP contribution is 2.30. The van der Waals surface area contributed by atoms with Crippen LogP contribution >= 0.6 is 0 Å². The fraction of sp³-hybridized carbons (Fsp3) is 0.233. The molecule has 0 bridgehead atoms. The summed E-state index contributed by atoms with van der Waals surface area (Å²) in [7, 11) is -3.60. The van der Waals surface area contributed by atoms with E-state index in [1.165, 1.54) is 0 Å². The number of imidazole rings is 1. The van der Waals surface area contributed by atoms with Crippen LogP contribution in [0.1, 0.15) is 23.5 Å². The molecule has 0 radical (unpaired) electrons. The summed E-state index contributed by atoms with van der Waals surface area (Å²) in [5.74, 6) is -0.570. The van der Waals surface area contributed by atoms with Crippen molar-refractivity contribution in [2.24, 2.45) is 0 Å². The molecule has 5 aromatic rings. The number of para-hydroxylation sites is 1. The SMILES string of the molecule is CS(=O)(=O)NC(=O)CCc1ccc(-c2c(/C=C/c3ccc4ccccc4n3)nc3c(N4CCOCC4)ccnn23)cn1. The first-order chi connectivity index (χ1) is 20.3. The Labute approximate surface area is 242 Å². The van der Waals surface area contributed by atoms with Crippen LogP contribution in [0.2, 0.25) is 0 Å². The number of aryl methyl sites for hydroxylation is 1. The number of pyridine rings is 2. The highest BCUT2D eigenvalue weighted by Gasteiger charge is 2.21. The number of morpholine rings is 1. The summed E-state index contributed by atoms with van der Waals surface area (Å²) in [6.07, 6.45) is 8.63. The number of ether oxygens (including phenoxy) is 1. The lowest BCUT2D eigenvalue weighted by molar-refractivity contribution is -0.119. The smallest absolute Gasteiger partial charge is 0.233 e. The number of benzene rings is 1. The Balaban J connectivity index is 1.36. The molecule has 0 saturated carbocycles. The van der Waals surface area contributed by atoms with Gasteiger partial charge in [0.1, 0.15) is 5.69 Å². The first-order valence-electron chi connectivity index (χ1n) is 13.5. The quantitative estimate of drug-likeness (QED) is 0.292. The Morgan fingerprint density at radius 1 is 1.02 bits per heavy atom. The fourth-order valence-corrected chi connectivity index (χ4v) is 5.46. The number of hydrogen-bond donors (Lipinski definition) is 1. The predicted octanol–water partition coefficient (Wildman–Crippen LogP) is 3.35. The summed E-state index contributed by atoms with van der Waals surface area (Å²) in [6, 6.07) is 17.7. The van der Waals surface area contributed by atoms with Gasteiger partial charge in [-0.05, 0) is 48.9 Å². The summed E-state index contributed by atoms with van der Waals surface area (Å²) in [6.45, 7) is 2.82. The topological polar surface area (TPSA) is 132 Å². The van der Waals surface area contributed by atoms with Crippen molar-refractivity contribution in [3.8, 4) is 11.3 Å². The highest BCUT2D eigenvalue weighted by atomic mass is 32.2. The van der Waals surface area contributed by atoms with Crippen LogP contribution in [0.15, 0.2) is 67.0 Å². The van der Waals surface area contributed by atoms with Crippen LogP contribution in [0.4, 0.5) is 5.69 Å². The van der Waals surface area contributed by atoms with E-state index in [0.29, 0.717) is 31.0 Å². The number of fused-ring (bicyclic) bond motifs is 2.